The van der Waals surface area contributed by atoms with Gasteiger partial charge < -0.3 is 4.42 Å². The predicted octanol–water partition coefficient (Wildman–Crippen LogP) is 7.08. The first-order valence-corrected chi connectivity index (χ1v) is 11.2. The zero-order valence-corrected chi connectivity index (χ0v) is 18.3. The van der Waals surface area contributed by atoms with E-state index in [4.69, 9.17) is 4.42 Å². The monoisotopic (exact) mass is 446 g/mol. The number of nitrogens with zero attached hydrogens (tertiary/aromatic N) is 1. The number of hydrazone groups is 1. The number of amides is 1. The van der Waals surface area contributed by atoms with E-state index in [1.165, 1.54) is 51.2 Å². The lowest BCUT2D eigenvalue weighted by molar-refractivity contribution is -0.121. The average molecular weight is 447 g/mol. The molecule has 1 heterocycles. The zero-order valence-electron chi connectivity index (χ0n) is 16.8. The van der Waals surface area contributed by atoms with Crippen LogP contribution in [0.1, 0.15) is 76.9 Å². The van der Waals surface area contributed by atoms with Gasteiger partial charge in [0.25, 0.3) is 0 Å². The second-order valence-corrected chi connectivity index (χ2v) is 8.00. The van der Waals surface area contributed by atoms with Crippen LogP contribution >= 0.6 is 15.9 Å². The molecule has 0 aliphatic carbocycles. The van der Waals surface area contributed by atoms with Crippen molar-refractivity contribution in [3.8, 4) is 11.3 Å². The summed E-state index contributed by atoms with van der Waals surface area (Å²) in [6, 6.07) is 11.6. The van der Waals surface area contributed by atoms with Gasteiger partial charge in [-0.05, 0) is 30.7 Å². The minimum Gasteiger partial charge on any atom is -0.455 e. The highest BCUT2D eigenvalue weighted by Crippen LogP contribution is 2.23. The summed E-state index contributed by atoms with van der Waals surface area (Å²) in [5, 5.41) is 3.99. The van der Waals surface area contributed by atoms with Gasteiger partial charge in [-0.15, -0.1) is 0 Å². The highest BCUT2D eigenvalue weighted by Gasteiger charge is 2.04. The molecule has 1 N–H and O–H groups in total. The van der Waals surface area contributed by atoms with E-state index in [1.54, 1.807) is 0 Å². The normalized spacial score (nSPS) is 11.2. The molecule has 0 radical (unpaired) electrons. The maximum Gasteiger partial charge on any atom is 0.240 e. The smallest absolute Gasteiger partial charge is 0.240 e. The first kappa shape index (κ1) is 22.4. The van der Waals surface area contributed by atoms with Crippen LogP contribution in [0.15, 0.2) is 50.4 Å². The van der Waals surface area contributed by atoms with E-state index in [-0.39, 0.29) is 5.91 Å². The molecule has 4 nitrogen and oxygen atoms in total. The van der Waals surface area contributed by atoms with Crippen LogP contribution in [0.2, 0.25) is 0 Å². The summed E-state index contributed by atoms with van der Waals surface area (Å²) >= 11 is 3.42. The van der Waals surface area contributed by atoms with Gasteiger partial charge in [0, 0.05) is 16.5 Å². The van der Waals surface area contributed by atoms with Crippen LogP contribution in [-0.2, 0) is 4.79 Å². The third kappa shape index (κ3) is 8.87. The van der Waals surface area contributed by atoms with Crippen molar-refractivity contribution in [1.29, 1.82) is 0 Å². The molecule has 0 aliphatic rings. The summed E-state index contributed by atoms with van der Waals surface area (Å²) in [6.45, 7) is 2.24. The van der Waals surface area contributed by atoms with E-state index < -0.39 is 0 Å². The Morgan fingerprint density at radius 3 is 2.29 bits per heavy atom. The summed E-state index contributed by atoms with van der Waals surface area (Å²) in [4.78, 5) is 11.8. The molecule has 2 aromatic rings. The number of nitrogens with one attached hydrogen (secondary N) is 1. The fourth-order valence-corrected chi connectivity index (χ4v) is 3.28. The van der Waals surface area contributed by atoms with E-state index in [9.17, 15) is 4.79 Å². The molecule has 1 aromatic carbocycles. The number of furan rings is 1. The molecule has 0 spiro atoms. The molecule has 0 aliphatic heterocycles. The van der Waals surface area contributed by atoms with Gasteiger partial charge in [0.1, 0.15) is 11.5 Å². The van der Waals surface area contributed by atoms with Crippen molar-refractivity contribution in [3.63, 3.8) is 0 Å². The second kappa shape index (κ2) is 13.3. The summed E-state index contributed by atoms with van der Waals surface area (Å²) in [5.74, 6) is 1.34. The highest BCUT2D eigenvalue weighted by atomic mass is 79.9. The van der Waals surface area contributed by atoms with Crippen LogP contribution in [0.5, 0.6) is 0 Å². The van der Waals surface area contributed by atoms with Crippen LogP contribution in [0.4, 0.5) is 0 Å². The number of unbranched alkanes of at least 4 members (excludes halogenated alkanes) is 8. The second-order valence-electron chi connectivity index (χ2n) is 7.08. The summed E-state index contributed by atoms with van der Waals surface area (Å²) in [7, 11) is 0. The lowest BCUT2D eigenvalue weighted by Crippen LogP contribution is -2.16. The maximum atomic E-state index is 11.8. The molecule has 1 amide bonds. The van der Waals surface area contributed by atoms with Gasteiger partial charge in [0.05, 0.1) is 6.21 Å². The number of carbonyl (C=O) groups excluding carboxylic acids is 1. The molecule has 2 rings (SSSR count). The van der Waals surface area contributed by atoms with Crippen LogP contribution < -0.4 is 5.43 Å². The van der Waals surface area contributed by atoms with Crippen LogP contribution in [0.3, 0.4) is 0 Å². The molecule has 0 unspecified atom stereocenters. The quantitative estimate of drug-likeness (QED) is 0.203. The molecule has 0 atom stereocenters. The minimum absolute atomic E-state index is 0.0427. The largest absolute Gasteiger partial charge is 0.455 e. The van der Waals surface area contributed by atoms with Crippen LogP contribution in [0.25, 0.3) is 11.3 Å². The Kier molecular flexibility index (Phi) is 10.7. The van der Waals surface area contributed by atoms with E-state index in [1.807, 2.05) is 36.4 Å². The van der Waals surface area contributed by atoms with Crippen molar-refractivity contribution in [2.45, 2.75) is 71.1 Å². The minimum atomic E-state index is -0.0427. The molecule has 5 heteroatoms. The van der Waals surface area contributed by atoms with Crippen molar-refractivity contribution in [2.24, 2.45) is 5.10 Å². The third-order valence-corrected chi connectivity index (χ3v) is 5.17. The first-order valence-electron chi connectivity index (χ1n) is 10.4. The van der Waals surface area contributed by atoms with Gasteiger partial charge in [-0.3, -0.25) is 4.79 Å². The van der Waals surface area contributed by atoms with Gasteiger partial charge in [0.2, 0.25) is 5.91 Å². The molecule has 0 saturated carbocycles. The number of hydrogen-bond acceptors (Lipinski definition) is 3. The lowest BCUT2D eigenvalue weighted by Gasteiger charge is -2.02. The van der Waals surface area contributed by atoms with Crippen molar-refractivity contribution in [1.82, 2.24) is 5.43 Å². The van der Waals surface area contributed by atoms with E-state index in [0.29, 0.717) is 12.2 Å². The molecule has 152 valence electrons. The molecule has 28 heavy (non-hydrogen) atoms. The van der Waals surface area contributed by atoms with Crippen molar-refractivity contribution in [3.05, 3.63) is 46.6 Å². The summed E-state index contributed by atoms with van der Waals surface area (Å²) < 4.78 is 6.76. The Balaban J connectivity index is 1.58. The Morgan fingerprint density at radius 1 is 0.964 bits per heavy atom. The first-order chi connectivity index (χ1) is 13.7. The topological polar surface area (TPSA) is 54.6 Å². The standard InChI is InChI=1S/C23H31BrN2O2/c1-2-3-4-5-6-7-8-9-10-11-23(27)26-25-18-21-16-17-22(28-21)19-12-14-20(24)15-13-19/h12-18H,2-11H2,1H3,(H,26,27)/b25-18+. The Labute approximate surface area is 176 Å². The Bertz CT molecular complexity index is 722. The molecule has 1 aromatic heterocycles. The van der Waals surface area contributed by atoms with Crippen molar-refractivity contribution >= 4 is 28.1 Å². The molecular weight excluding hydrogens is 416 g/mol. The fraction of sp³-hybridized carbons (Fsp3) is 0.478. The predicted molar refractivity (Wildman–Crippen MR) is 119 cm³/mol. The molecule has 0 fully saturated rings. The molecule has 0 saturated heterocycles. The lowest BCUT2D eigenvalue weighted by atomic mass is 10.1. The van der Waals surface area contributed by atoms with E-state index >= 15 is 0 Å². The van der Waals surface area contributed by atoms with Gasteiger partial charge in [0.15, 0.2) is 0 Å². The van der Waals surface area contributed by atoms with Gasteiger partial charge in [-0.1, -0.05) is 86.4 Å². The highest BCUT2D eigenvalue weighted by molar-refractivity contribution is 9.10. The van der Waals surface area contributed by atoms with E-state index in [2.05, 4.69) is 33.4 Å². The number of halogens is 1. The van der Waals surface area contributed by atoms with Gasteiger partial charge >= 0.3 is 0 Å². The molecule has 0 bridgehead atoms. The summed E-state index contributed by atoms with van der Waals surface area (Å²) in [5.41, 5.74) is 3.57. The maximum absolute atomic E-state index is 11.8. The Hall–Kier alpha value is -1.88. The third-order valence-electron chi connectivity index (χ3n) is 4.64. The number of rotatable bonds is 13. The van der Waals surface area contributed by atoms with Crippen LogP contribution in [0, 0.1) is 0 Å². The van der Waals surface area contributed by atoms with Gasteiger partial charge in [-0.25, -0.2) is 5.43 Å². The number of hydrogen-bond donors (Lipinski definition) is 1. The van der Waals surface area contributed by atoms with E-state index in [0.717, 1.165) is 28.6 Å². The SMILES string of the molecule is CCCCCCCCCCCC(=O)N/N=C/c1ccc(-c2ccc(Br)cc2)o1. The molecular formula is C23H31BrN2O2. The van der Waals surface area contributed by atoms with Crippen molar-refractivity contribution < 1.29 is 9.21 Å². The van der Waals surface area contributed by atoms with Gasteiger partial charge in [-0.2, -0.15) is 5.10 Å². The Morgan fingerprint density at radius 2 is 1.61 bits per heavy atom. The number of benzene rings is 1. The average Bonchev–Trinajstić information content (AvgIpc) is 3.16. The van der Waals surface area contributed by atoms with Crippen LogP contribution in [-0.4, -0.2) is 12.1 Å². The zero-order chi connectivity index (χ0) is 20.0. The fourth-order valence-electron chi connectivity index (χ4n) is 3.01. The number of carbonyl (C=O) groups is 1. The summed E-state index contributed by atoms with van der Waals surface area (Å²) in [6.07, 6.45) is 13.3. The van der Waals surface area contributed by atoms with Crippen molar-refractivity contribution in [2.75, 3.05) is 0 Å².